The molecule has 0 radical (unpaired) electrons. The second-order valence-electron chi connectivity index (χ2n) is 2.00. The average Bonchev–Trinajstić information content (AvgIpc) is 1.95. The first-order chi connectivity index (χ1) is 4.75. The van der Waals surface area contributed by atoms with Crippen LogP contribution in [0.1, 0.15) is 0 Å². The molecular weight excluding hydrogens is 128 g/mol. The lowest BCUT2D eigenvalue weighted by molar-refractivity contribution is 0.337. The molecule has 0 unspecified atom stereocenters. The van der Waals surface area contributed by atoms with Gasteiger partial charge >= 0.3 is 0 Å². The highest BCUT2D eigenvalue weighted by Crippen LogP contribution is 2.03. The van der Waals surface area contributed by atoms with Gasteiger partial charge in [0.15, 0.2) is 0 Å². The first-order valence-corrected chi connectivity index (χ1v) is 2.91. The van der Waals surface area contributed by atoms with Crippen LogP contribution >= 0.6 is 0 Å². The van der Waals surface area contributed by atoms with E-state index in [4.69, 9.17) is 15.9 Å². The third-order valence-corrected chi connectivity index (χ3v) is 1.32. The number of nitrogens with one attached hydrogen (secondary N) is 2. The zero-order valence-electron chi connectivity index (χ0n) is 5.39. The van der Waals surface area contributed by atoms with Crippen LogP contribution in [-0.4, -0.2) is 23.1 Å². The first-order valence-electron chi connectivity index (χ1n) is 2.91. The van der Waals surface area contributed by atoms with E-state index in [1.165, 1.54) is 6.08 Å². The molecule has 0 amide bonds. The van der Waals surface area contributed by atoms with Crippen LogP contribution in [0.15, 0.2) is 23.8 Å². The summed E-state index contributed by atoms with van der Waals surface area (Å²) in [4.78, 5) is 0. The van der Waals surface area contributed by atoms with Crippen molar-refractivity contribution in [2.45, 2.75) is 0 Å². The van der Waals surface area contributed by atoms with E-state index < -0.39 is 0 Å². The molecule has 0 saturated carbocycles. The van der Waals surface area contributed by atoms with Crippen LogP contribution < -0.4 is 0 Å². The number of aliphatic hydroxyl groups is 1. The molecule has 0 atom stereocenters. The van der Waals surface area contributed by atoms with Crippen LogP contribution in [0.4, 0.5) is 0 Å². The summed E-state index contributed by atoms with van der Waals surface area (Å²) in [7, 11) is 0. The molecule has 0 heterocycles. The predicted octanol–water partition coefficient (Wildman–Crippen LogP) is 0.514. The highest BCUT2D eigenvalue weighted by atomic mass is 16.3. The van der Waals surface area contributed by atoms with Gasteiger partial charge in [-0.15, -0.1) is 0 Å². The molecule has 0 bridgehead atoms. The number of aliphatic hydroxyl groups excluding tert-OH is 1. The Labute approximate surface area is 58.7 Å². The molecule has 52 valence electrons. The maximum Gasteiger partial charge on any atom is 0.0844 e. The lowest BCUT2D eigenvalue weighted by Crippen LogP contribution is -2.16. The summed E-state index contributed by atoms with van der Waals surface area (Å²) in [6.07, 6.45) is 4.83. The van der Waals surface area contributed by atoms with Crippen molar-refractivity contribution >= 4 is 11.4 Å². The summed E-state index contributed by atoms with van der Waals surface area (Å²) < 4.78 is 0. The van der Waals surface area contributed by atoms with Crippen molar-refractivity contribution in [1.82, 2.24) is 0 Å². The van der Waals surface area contributed by atoms with Crippen LogP contribution in [0.2, 0.25) is 0 Å². The van der Waals surface area contributed by atoms with E-state index in [0.29, 0.717) is 5.57 Å². The molecule has 0 aliphatic heterocycles. The third-order valence-electron chi connectivity index (χ3n) is 1.32. The fourth-order valence-electron chi connectivity index (χ4n) is 0.732. The Hall–Kier alpha value is -1.22. The van der Waals surface area contributed by atoms with E-state index in [9.17, 15) is 0 Å². The SMILES string of the molecule is N=C1C=CC=C(CO)C1=N. The van der Waals surface area contributed by atoms with Gasteiger partial charge in [-0.3, -0.25) is 10.8 Å². The molecule has 0 saturated heterocycles. The Morgan fingerprint density at radius 3 is 2.60 bits per heavy atom. The minimum absolute atomic E-state index is 0.116. The maximum absolute atomic E-state index is 8.64. The van der Waals surface area contributed by atoms with Gasteiger partial charge in [-0.25, -0.2) is 0 Å². The average molecular weight is 136 g/mol. The highest BCUT2D eigenvalue weighted by Gasteiger charge is 2.09. The van der Waals surface area contributed by atoms with Gasteiger partial charge < -0.3 is 5.11 Å². The zero-order chi connectivity index (χ0) is 7.56. The van der Waals surface area contributed by atoms with E-state index in [2.05, 4.69) is 0 Å². The maximum atomic E-state index is 8.64. The lowest BCUT2D eigenvalue weighted by atomic mass is 10.0. The van der Waals surface area contributed by atoms with Gasteiger partial charge in [-0.05, 0) is 6.08 Å². The smallest absolute Gasteiger partial charge is 0.0844 e. The van der Waals surface area contributed by atoms with Gasteiger partial charge in [0.1, 0.15) is 0 Å². The number of hydrogen-bond acceptors (Lipinski definition) is 3. The van der Waals surface area contributed by atoms with Crippen LogP contribution in [-0.2, 0) is 0 Å². The lowest BCUT2D eigenvalue weighted by Gasteiger charge is -2.07. The van der Waals surface area contributed by atoms with Crippen molar-refractivity contribution in [1.29, 1.82) is 10.8 Å². The molecule has 0 aromatic carbocycles. The van der Waals surface area contributed by atoms with Crippen molar-refractivity contribution < 1.29 is 5.11 Å². The van der Waals surface area contributed by atoms with E-state index in [0.717, 1.165) is 0 Å². The van der Waals surface area contributed by atoms with E-state index >= 15 is 0 Å². The van der Waals surface area contributed by atoms with Crippen molar-refractivity contribution in [3.8, 4) is 0 Å². The zero-order valence-corrected chi connectivity index (χ0v) is 5.39. The Morgan fingerprint density at radius 1 is 1.40 bits per heavy atom. The third kappa shape index (κ3) is 1.04. The fourth-order valence-corrected chi connectivity index (χ4v) is 0.732. The predicted molar refractivity (Wildman–Crippen MR) is 39.8 cm³/mol. The van der Waals surface area contributed by atoms with E-state index in [1.54, 1.807) is 12.2 Å². The number of rotatable bonds is 1. The minimum Gasteiger partial charge on any atom is -0.392 e. The molecule has 3 nitrogen and oxygen atoms in total. The molecule has 3 N–H and O–H groups in total. The quantitative estimate of drug-likeness (QED) is 0.452. The van der Waals surface area contributed by atoms with Crippen molar-refractivity contribution in [2.24, 2.45) is 0 Å². The standard InChI is InChI=1S/C7H8N2O/c8-6-3-1-2-5(4-10)7(6)9/h1-3,8-10H,4H2. The van der Waals surface area contributed by atoms with Gasteiger partial charge in [0, 0.05) is 5.57 Å². The largest absolute Gasteiger partial charge is 0.392 e. The number of hydrogen-bond donors (Lipinski definition) is 3. The Kier molecular flexibility index (Phi) is 1.78. The van der Waals surface area contributed by atoms with Crippen LogP contribution in [0.5, 0.6) is 0 Å². The molecule has 1 aliphatic rings. The summed E-state index contributed by atoms with van der Waals surface area (Å²) in [5, 5.41) is 23.1. The molecule has 0 spiro atoms. The van der Waals surface area contributed by atoms with Gasteiger partial charge in [-0.1, -0.05) is 12.2 Å². The summed E-state index contributed by atoms with van der Waals surface area (Å²) in [5.74, 6) is 0. The normalized spacial score (nSPS) is 17.5. The molecule has 1 rings (SSSR count). The molecule has 0 aromatic rings. The van der Waals surface area contributed by atoms with Crippen LogP contribution in [0, 0.1) is 10.8 Å². The molecule has 1 aliphatic carbocycles. The van der Waals surface area contributed by atoms with Gasteiger partial charge in [0.25, 0.3) is 0 Å². The Bertz CT molecular complexity index is 238. The highest BCUT2D eigenvalue weighted by molar-refractivity contribution is 6.50. The van der Waals surface area contributed by atoms with Crippen molar-refractivity contribution in [3.05, 3.63) is 23.8 Å². The molecule has 0 aromatic heterocycles. The molecule has 0 fully saturated rings. The topological polar surface area (TPSA) is 67.9 Å². The number of allylic oxidation sites excluding steroid dienone is 3. The summed E-state index contributed by atoms with van der Waals surface area (Å²) in [6.45, 7) is -0.161. The molecular formula is C7H8N2O. The van der Waals surface area contributed by atoms with Gasteiger partial charge in [0.05, 0.1) is 18.0 Å². The van der Waals surface area contributed by atoms with Crippen molar-refractivity contribution in [3.63, 3.8) is 0 Å². The fraction of sp³-hybridized carbons (Fsp3) is 0.143. The van der Waals surface area contributed by atoms with Gasteiger partial charge in [-0.2, -0.15) is 0 Å². The monoisotopic (exact) mass is 136 g/mol. The molecule has 3 heteroatoms. The van der Waals surface area contributed by atoms with E-state index in [1.807, 2.05) is 0 Å². The van der Waals surface area contributed by atoms with Gasteiger partial charge in [0.2, 0.25) is 0 Å². The Morgan fingerprint density at radius 2 is 2.10 bits per heavy atom. The second-order valence-corrected chi connectivity index (χ2v) is 2.00. The minimum atomic E-state index is -0.161. The summed E-state index contributed by atoms with van der Waals surface area (Å²) in [6, 6.07) is 0. The Balaban J connectivity index is 2.92. The van der Waals surface area contributed by atoms with Crippen LogP contribution in [0.3, 0.4) is 0 Å². The summed E-state index contributed by atoms with van der Waals surface area (Å²) in [5.41, 5.74) is 0.782. The van der Waals surface area contributed by atoms with Crippen LogP contribution in [0.25, 0.3) is 0 Å². The first kappa shape index (κ1) is 6.89. The van der Waals surface area contributed by atoms with E-state index in [-0.39, 0.29) is 18.0 Å². The second kappa shape index (κ2) is 2.58. The molecule has 10 heavy (non-hydrogen) atoms. The van der Waals surface area contributed by atoms with Crippen molar-refractivity contribution in [2.75, 3.05) is 6.61 Å². The summed E-state index contributed by atoms with van der Waals surface area (Å²) >= 11 is 0.